The van der Waals surface area contributed by atoms with Crippen molar-refractivity contribution in [1.29, 1.82) is 5.26 Å². The summed E-state index contributed by atoms with van der Waals surface area (Å²) in [5, 5.41) is 23.2. The van der Waals surface area contributed by atoms with Crippen LogP contribution in [-0.4, -0.2) is 21.6 Å². The van der Waals surface area contributed by atoms with E-state index in [4.69, 9.17) is 26.5 Å². The minimum absolute atomic E-state index is 0.246. The van der Waals surface area contributed by atoms with Crippen LogP contribution in [0.5, 0.6) is 0 Å². The average Bonchev–Trinajstić information content (AvgIpc) is 1.55. The van der Waals surface area contributed by atoms with E-state index < -0.39 is 10.8 Å². The number of hydrogen-bond donors (Lipinski definition) is 2. The van der Waals surface area contributed by atoms with E-state index in [-0.39, 0.29) is 11.3 Å². The molecule has 0 saturated carbocycles. The Morgan fingerprint density at radius 2 is 0.556 bits per heavy atom. The van der Waals surface area contributed by atoms with Crippen LogP contribution in [0.4, 0.5) is 57.1 Å². The van der Waals surface area contributed by atoms with Crippen molar-refractivity contribution in [3.05, 3.63) is 588 Å². The molecule has 20 aromatic carbocycles. The second-order valence-electron chi connectivity index (χ2n) is 36.9. The summed E-state index contributed by atoms with van der Waals surface area (Å²) in [6.07, 6.45) is 3.79. The number of aliphatic imine (C=N–C) groups is 2. The second-order valence-corrected chi connectivity index (χ2v) is 36.9. The zero-order valence-corrected chi connectivity index (χ0v) is 78.1. The molecule has 0 unspecified atom stereocenters. The van der Waals surface area contributed by atoms with Gasteiger partial charge in [0.1, 0.15) is 11.7 Å². The molecule has 144 heavy (non-hydrogen) atoms. The van der Waals surface area contributed by atoms with E-state index >= 15 is 0 Å². The molecule has 2 aliphatic carbocycles. The Morgan fingerprint density at radius 3 is 0.903 bits per heavy atom. The van der Waals surface area contributed by atoms with Gasteiger partial charge in [-0.2, -0.15) is 5.26 Å². The number of nitriles is 1. The van der Waals surface area contributed by atoms with Crippen molar-refractivity contribution < 1.29 is 0 Å². The highest BCUT2D eigenvalue weighted by atomic mass is 15.1. The number of pyridine rings is 2. The normalized spacial score (nSPS) is 13.6. The van der Waals surface area contributed by atoms with Crippen molar-refractivity contribution in [2.75, 3.05) is 20.4 Å². The third-order valence-corrected chi connectivity index (χ3v) is 29.2. The Labute approximate surface area is 835 Å². The number of nitrogens with one attached hydrogen (secondary N) is 2. The highest BCUT2D eigenvalue weighted by molar-refractivity contribution is 6.30. The van der Waals surface area contributed by atoms with Crippen LogP contribution in [0, 0.1) is 17.9 Å². The van der Waals surface area contributed by atoms with Gasteiger partial charge in [-0.15, -0.1) is 0 Å². The Morgan fingerprint density at radius 1 is 0.264 bits per heavy atom. The van der Waals surface area contributed by atoms with Gasteiger partial charge in [0.05, 0.1) is 29.0 Å². The third-order valence-electron chi connectivity index (χ3n) is 29.2. The predicted molar refractivity (Wildman–Crippen MR) is 592 cm³/mol. The maximum absolute atomic E-state index is 11.2. The summed E-state index contributed by atoms with van der Waals surface area (Å²) in [5.41, 5.74) is 38.3. The van der Waals surface area contributed by atoms with Gasteiger partial charge in [-0.3, -0.25) is 0 Å². The molecular formula is C134H86N10. The molecule has 0 amide bonds. The summed E-state index contributed by atoms with van der Waals surface area (Å²) in [7, 11) is 0. The van der Waals surface area contributed by atoms with Gasteiger partial charge in [-0.05, 0) is 253 Å². The summed E-state index contributed by atoms with van der Waals surface area (Å²) >= 11 is 0. The lowest BCUT2D eigenvalue weighted by Gasteiger charge is -2.34. The van der Waals surface area contributed by atoms with Crippen LogP contribution in [-0.2, 0) is 10.8 Å². The molecule has 0 bridgehead atoms. The van der Waals surface area contributed by atoms with E-state index in [0.717, 1.165) is 145 Å². The first kappa shape index (κ1) is 84.9. The van der Waals surface area contributed by atoms with E-state index in [9.17, 15) is 5.26 Å². The summed E-state index contributed by atoms with van der Waals surface area (Å²) in [5.74, 6) is 2.67. The molecule has 10 heteroatoms. The van der Waals surface area contributed by atoms with Crippen LogP contribution >= 0.6 is 0 Å². The number of nitrogens with zero attached hydrogens (tertiary/aromatic N) is 8. The Hall–Kier alpha value is -19.5. The summed E-state index contributed by atoms with van der Waals surface area (Å²) in [6.45, 7) is 8.75. The molecule has 10 nitrogen and oxygen atoms in total. The van der Waals surface area contributed by atoms with Crippen LogP contribution in [0.25, 0.3) is 127 Å². The number of anilines is 8. The SMILES string of the molecule is [C-]#[N+]/C(=C(/C#N)c1ccc(N(c2ccc(-c3ccccc3)cc2)c2ccc(-c3ccc(N=C4Nc5ccc(-c6cccc7c6-c6ccccc6C7(c6ccccc6)c6ccccc6)c6cccc4c56)nc3)cc2)cc1)c1ccc(N(c2ccc(-c3ccccc3)cc2)c2ccc(-c3ccc(N=C4Nc5ccc(-c6cccc7c6-c6ccccc6C7(c6ccccc6)c6ccccc6)c6cccc4c56)nc3)cc2)cc1. The lowest BCUT2D eigenvalue weighted by molar-refractivity contribution is 0.768. The standard InChI is InChI=1S/C134H86N10/c1-136-130(94-62-76-106(77-63-94)144(102-68-54-90(55-69-102)88-30-10-3-11-31-88)104-72-58-92(59-73-104)96-65-83-125(138-86-96)142-132-116-47-25-43-112-108(79-81-123(140-132)129(112)116)110-45-27-51-121-127(110)114-41-21-23-49-119(114)134(121,99-36-16-6-17-37-99)100-38-18-7-19-39-100)117(84-135)93-60-74-105(75-61-93)143(101-66-52-89(53-67-101)87-28-8-2-9-29-87)103-70-56-91(57-71-103)95-64-82-124(137-85-95)141-131-115-46-24-42-111-107(78-80-122(139-131)128(111)115)109-44-26-50-120-126(109)113-40-20-22-48-118(113)133(120,97-32-12-4-13-33-97)98-34-14-5-15-35-98/h2-83,85-86H,(H,137,139,141)(H,138,140,142)/b130-117-. The molecule has 2 aromatic heterocycles. The Kier molecular flexibility index (Phi) is 20.9. The quantitative estimate of drug-likeness (QED) is 0.0444. The number of rotatable bonds is 20. The molecule has 672 valence electrons. The highest BCUT2D eigenvalue weighted by Crippen LogP contribution is 2.62. The summed E-state index contributed by atoms with van der Waals surface area (Å²) < 4.78 is 0. The summed E-state index contributed by atoms with van der Waals surface area (Å²) in [6, 6.07) is 179. The van der Waals surface area contributed by atoms with Crippen LogP contribution in [0.15, 0.2) is 520 Å². The summed E-state index contributed by atoms with van der Waals surface area (Å²) in [4.78, 5) is 29.0. The molecular weight excluding hydrogens is 1750 g/mol. The number of aromatic nitrogens is 2. The van der Waals surface area contributed by atoms with Gasteiger partial charge >= 0.3 is 0 Å². The predicted octanol–water partition coefficient (Wildman–Crippen LogP) is 33.8. The first-order valence-corrected chi connectivity index (χ1v) is 48.6. The number of fused-ring (bicyclic) bond motifs is 6. The molecule has 2 N–H and O–H groups in total. The highest BCUT2D eigenvalue weighted by Gasteiger charge is 2.49. The number of benzene rings is 20. The molecule has 2 aliphatic heterocycles. The number of hydrogen-bond acceptors (Lipinski definition) is 7. The van der Waals surface area contributed by atoms with E-state index in [1.54, 1.807) is 0 Å². The van der Waals surface area contributed by atoms with Gasteiger partial charge in [0.25, 0.3) is 0 Å². The van der Waals surface area contributed by atoms with Crippen molar-refractivity contribution >= 4 is 102 Å². The van der Waals surface area contributed by atoms with Gasteiger partial charge in [0.15, 0.2) is 11.6 Å². The van der Waals surface area contributed by atoms with Gasteiger partial charge in [-0.25, -0.2) is 24.8 Å². The average molecular weight is 1840 g/mol. The lowest BCUT2D eigenvalue weighted by Crippen LogP contribution is -2.28. The molecule has 0 spiro atoms. The third kappa shape index (κ3) is 14.2. The monoisotopic (exact) mass is 1830 g/mol. The van der Waals surface area contributed by atoms with Crippen molar-refractivity contribution in [2.24, 2.45) is 9.98 Å². The van der Waals surface area contributed by atoms with Crippen LogP contribution < -0.4 is 20.4 Å². The molecule has 4 heterocycles. The maximum Gasteiger partial charge on any atom is 0.212 e. The van der Waals surface area contributed by atoms with Crippen LogP contribution in [0.2, 0.25) is 0 Å². The fourth-order valence-corrected chi connectivity index (χ4v) is 22.8. The molecule has 0 radical (unpaired) electrons. The molecule has 26 rings (SSSR count). The van der Waals surface area contributed by atoms with Gasteiger partial charge in [-0.1, -0.05) is 388 Å². The van der Waals surface area contributed by atoms with E-state index in [0.29, 0.717) is 22.8 Å². The molecule has 22 aromatic rings. The molecule has 4 aliphatic rings. The molecule has 0 atom stereocenters. The zero-order valence-electron chi connectivity index (χ0n) is 78.1. The first-order valence-electron chi connectivity index (χ1n) is 48.6. The fraction of sp³-hybridized carbons (Fsp3) is 0.0149. The molecule has 0 fully saturated rings. The lowest BCUT2D eigenvalue weighted by atomic mass is 9.67. The van der Waals surface area contributed by atoms with Crippen molar-refractivity contribution in [1.82, 2.24) is 9.97 Å². The fourth-order valence-electron chi connectivity index (χ4n) is 22.8. The molecule has 0 saturated heterocycles. The van der Waals surface area contributed by atoms with Crippen LogP contribution in [0.1, 0.15) is 66.8 Å². The van der Waals surface area contributed by atoms with Gasteiger partial charge in [0, 0.05) is 90.9 Å². The number of allylic oxidation sites excluding steroid dienone is 1. The van der Waals surface area contributed by atoms with Crippen molar-refractivity contribution in [2.45, 2.75) is 10.8 Å². The van der Waals surface area contributed by atoms with Gasteiger partial charge < -0.3 is 20.4 Å². The van der Waals surface area contributed by atoms with E-state index in [1.807, 2.05) is 85.2 Å². The second kappa shape index (κ2) is 35.5. The minimum Gasteiger partial charge on any atom is -0.339 e. The zero-order chi connectivity index (χ0) is 95.8. The van der Waals surface area contributed by atoms with Crippen molar-refractivity contribution in [3.8, 4) is 95.1 Å². The Bertz CT molecular complexity index is 8370. The van der Waals surface area contributed by atoms with Crippen LogP contribution in [0.3, 0.4) is 0 Å². The van der Waals surface area contributed by atoms with Crippen molar-refractivity contribution in [3.63, 3.8) is 0 Å². The maximum atomic E-state index is 11.2. The first-order chi connectivity index (χ1) is 71.3. The van der Waals surface area contributed by atoms with Gasteiger partial charge in [0.2, 0.25) is 5.70 Å². The topological polar surface area (TPSA) is 109 Å². The van der Waals surface area contributed by atoms with E-state index in [1.165, 1.54) is 77.9 Å². The number of amidine groups is 2. The minimum atomic E-state index is -0.515. The Balaban J connectivity index is 0.467. The smallest absolute Gasteiger partial charge is 0.212 e. The van der Waals surface area contributed by atoms with E-state index in [2.05, 4.69) is 456 Å². The largest absolute Gasteiger partial charge is 0.339 e.